The lowest BCUT2D eigenvalue weighted by atomic mass is 10.1. The average Bonchev–Trinajstić information content (AvgIpc) is 2.97. The van der Waals surface area contributed by atoms with Crippen LogP contribution in [0, 0.1) is 0 Å². The number of nitrogens with zero attached hydrogens (tertiary/aromatic N) is 6. The van der Waals surface area contributed by atoms with Crippen LogP contribution in [-0.2, 0) is 12.9 Å². The molecule has 41 heavy (non-hydrogen) atoms. The van der Waals surface area contributed by atoms with Crippen molar-refractivity contribution in [3.63, 3.8) is 0 Å². The second kappa shape index (κ2) is 9.98. The molecule has 0 atom stereocenters. The molecule has 0 unspecified atom stereocenters. The number of nitrogens with one attached hydrogen (secondary N) is 1. The van der Waals surface area contributed by atoms with Gasteiger partial charge in [-0.3, -0.25) is 14.3 Å². The van der Waals surface area contributed by atoms with E-state index in [2.05, 4.69) is 20.3 Å². The molecular formula is C27H23F3N8O3. The van der Waals surface area contributed by atoms with Crippen molar-refractivity contribution in [2.75, 3.05) is 36.8 Å². The summed E-state index contributed by atoms with van der Waals surface area (Å²) in [7, 11) is 0. The number of pyridine rings is 3. The Morgan fingerprint density at radius 3 is 2.46 bits per heavy atom. The van der Waals surface area contributed by atoms with Crippen molar-refractivity contribution in [1.29, 1.82) is 0 Å². The van der Waals surface area contributed by atoms with Gasteiger partial charge >= 0.3 is 11.9 Å². The quantitative estimate of drug-likeness (QED) is 0.280. The number of nitrogen functional groups attached to an aromatic ring is 1. The Balaban J connectivity index is 1.68. The number of hydrogen-bond acceptors (Lipinski definition) is 9. The Morgan fingerprint density at radius 2 is 1.78 bits per heavy atom. The van der Waals surface area contributed by atoms with Gasteiger partial charge in [-0.2, -0.15) is 13.2 Å². The number of aromatic nitrogens is 5. The van der Waals surface area contributed by atoms with Gasteiger partial charge in [0.25, 0.3) is 5.56 Å². The van der Waals surface area contributed by atoms with E-state index in [1.165, 1.54) is 24.5 Å². The molecule has 11 nitrogen and oxygen atoms in total. The van der Waals surface area contributed by atoms with Crippen LogP contribution in [-0.4, -0.2) is 55.4 Å². The summed E-state index contributed by atoms with van der Waals surface area (Å²) in [6.07, 6.45) is -2.02. The minimum Gasteiger partial charge on any atom is -0.384 e. The Kier molecular flexibility index (Phi) is 6.43. The lowest BCUT2D eigenvalue weighted by Gasteiger charge is -2.32. The normalized spacial score (nSPS) is 14.2. The highest BCUT2D eigenvalue weighted by atomic mass is 19.4. The van der Waals surface area contributed by atoms with Crippen LogP contribution in [0.3, 0.4) is 0 Å². The SMILES string of the molecule is Nc1ccc(-c2ccc3ncc4c(=O)n(CO)c(=O)n(-c5ccc(N6CCNCC6)c(C(F)(F)F)c5)c4c3n2)cn1. The number of aliphatic hydroxyl groups excluding tert-OH is 1. The fraction of sp³-hybridized carbons (Fsp3) is 0.222. The summed E-state index contributed by atoms with van der Waals surface area (Å²) in [6, 6.07) is 10.1. The number of alkyl halides is 3. The van der Waals surface area contributed by atoms with Crippen LogP contribution in [0.15, 0.2) is 64.4 Å². The van der Waals surface area contributed by atoms with Gasteiger partial charge in [0.15, 0.2) is 0 Å². The van der Waals surface area contributed by atoms with E-state index in [1.54, 1.807) is 29.2 Å². The second-order valence-electron chi connectivity index (χ2n) is 9.49. The highest BCUT2D eigenvalue weighted by Crippen LogP contribution is 2.38. The van der Waals surface area contributed by atoms with Crippen LogP contribution in [0.2, 0.25) is 0 Å². The first-order chi connectivity index (χ1) is 19.7. The molecule has 0 bridgehead atoms. The third-order valence-electron chi connectivity index (χ3n) is 7.03. The van der Waals surface area contributed by atoms with Crippen LogP contribution in [0.4, 0.5) is 24.7 Å². The molecule has 0 amide bonds. The van der Waals surface area contributed by atoms with E-state index in [4.69, 9.17) is 5.73 Å². The van der Waals surface area contributed by atoms with Crippen LogP contribution < -0.4 is 27.2 Å². The molecule has 6 rings (SSSR count). The monoisotopic (exact) mass is 564 g/mol. The molecule has 1 fully saturated rings. The molecule has 1 aromatic carbocycles. The van der Waals surface area contributed by atoms with Crippen molar-refractivity contribution in [2.24, 2.45) is 0 Å². The van der Waals surface area contributed by atoms with Gasteiger partial charge in [-0.05, 0) is 42.5 Å². The minimum atomic E-state index is -4.74. The van der Waals surface area contributed by atoms with Crippen LogP contribution in [0.25, 0.3) is 38.9 Å². The number of rotatable bonds is 4. The molecule has 5 aromatic rings. The van der Waals surface area contributed by atoms with Crippen LogP contribution in [0.5, 0.6) is 0 Å². The number of benzene rings is 1. The number of halogens is 3. The minimum absolute atomic E-state index is 0.0154. The van der Waals surface area contributed by atoms with Crippen molar-refractivity contribution < 1.29 is 18.3 Å². The molecule has 1 aliphatic rings. The third kappa shape index (κ3) is 4.56. The second-order valence-corrected chi connectivity index (χ2v) is 9.49. The largest absolute Gasteiger partial charge is 0.418 e. The lowest BCUT2D eigenvalue weighted by molar-refractivity contribution is -0.137. The summed E-state index contributed by atoms with van der Waals surface area (Å²) >= 11 is 0. The maximum atomic E-state index is 14.4. The average molecular weight is 565 g/mol. The van der Waals surface area contributed by atoms with Crippen molar-refractivity contribution in [3.05, 3.63) is 81.3 Å². The maximum absolute atomic E-state index is 14.4. The molecule has 0 aliphatic carbocycles. The topological polar surface area (TPSA) is 144 Å². The van der Waals surface area contributed by atoms with Gasteiger partial charge in [-0.15, -0.1) is 0 Å². The molecule has 1 aliphatic heterocycles. The summed E-state index contributed by atoms with van der Waals surface area (Å²) in [6.45, 7) is 0.830. The number of nitrogens with two attached hydrogens (primary N) is 1. The highest BCUT2D eigenvalue weighted by Gasteiger charge is 2.36. The van der Waals surface area contributed by atoms with Gasteiger partial charge in [0.1, 0.15) is 18.1 Å². The van der Waals surface area contributed by atoms with E-state index in [-0.39, 0.29) is 27.8 Å². The zero-order chi connectivity index (χ0) is 28.9. The Labute approximate surface area is 229 Å². The predicted molar refractivity (Wildman–Crippen MR) is 147 cm³/mol. The fourth-order valence-electron chi connectivity index (χ4n) is 5.04. The van der Waals surface area contributed by atoms with Gasteiger partial charge in [0.05, 0.1) is 33.4 Å². The first-order valence-electron chi connectivity index (χ1n) is 12.6. The van der Waals surface area contributed by atoms with Crippen molar-refractivity contribution in [2.45, 2.75) is 12.9 Å². The van der Waals surface area contributed by atoms with Gasteiger partial charge < -0.3 is 21.1 Å². The van der Waals surface area contributed by atoms with Gasteiger partial charge in [-0.25, -0.2) is 19.3 Å². The molecule has 210 valence electrons. The fourth-order valence-corrected chi connectivity index (χ4v) is 5.04. The molecule has 0 spiro atoms. The third-order valence-corrected chi connectivity index (χ3v) is 7.03. The van der Waals surface area contributed by atoms with Crippen molar-refractivity contribution in [3.8, 4) is 16.9 Å². The summed E-state index contributed by atoms with van der Waals surface area (Å²) in [5, 5.41) is 12.9. The van der Waals surface area contributed by atoms with E-state index in [0.29, 0.717) is 53.3 Å². The highest BCUT2D eigenvalue weighted by molar-refractivity contribution is 6.01. The van der Waals surface area contributed by atoms with E-state index >= 15 is 0 Å². The summed E-state index contributed by atoms with van der Waals surface area (Å²) in [5.74, 6) is 0.296. The van der Waals surface area contributed by atoms with E-state index < -0.39 is 29.7 Å². The Morgan fingerprint density at radius 1 is 1.00 bits per heavy atom. The summed E-state index contributed by atoms with van der Waals surface area (Å²) in [5.41, 5.74) is 4.07. The Bertz CT molecular complexity index is 1910. The smallest absolute Gasteiger partial charge is 0.384 e. The van der Waals surface area contributed by atoms with Crippen LogP contribution in [0.1, 0.15) is 5.56 Å². The zero-order valence-corrected chi connectivity index (χ0v) is 21.4. The first-order valence-corrected chi connectivity index (χ1v) is 12.6. The maximum Gasteiger partial charge on any atom is 0.418 e. The van der Waals surface area contributed by atoms with E-state index in [9.17, 15) is 27.9 Å². The number of fused-ring (bicyclic) bond motifs is 3. The molecular weight excluding hydrogens is 541 g/mol. The van der Waals surface area contributed by atoms with Crippen LogP contribution >= 0.6 is 0 Å². The van der Waals surface area contributed by atoms with Crippen molar-refractivity contribution in [1.82, 2.24) is 29.4 Å². The summed E-state index contributed by atoms with van der Waals surface area (Å²) < 4.78 is 44.6. The zero-order valence-electron chi connectivity index (χ0n) is 21.4. The molecule has 14 heteroatoms. The molecule has 4 N–H and O–H groups in total. The number of hydrogen-bond donors (Lipinski definition) is 3. The van der Waals surface area contributed by atoms with Crippen molar-refractivity contribution >= 4 is 33.4 Å². The Hall–Kier alpha value is -4.82. The van der Waals surface area contributed by atoms with Gasteiger partial charge in [0, 0.05) is 49.8 Å². The molecule has 5 heterocycles. The summed E-state index contributed by atoms with van der Waals surface area (Å²) in [4.78, 5) is 41.4. The van der Waals surface area contributed by atoms with Gasteiger partial charge in [0.2, 0.25) is 0 Å². The number of piperazine rings is 1. The van der Waals surface area contributed by atoms with Gasteiger partial charge in [-0.1, -0.05) is 0 Å². The molecule has 1 saturated heterocycles. The van der Waals surface area contributed by atoms with E-state index in [0.717, 1.165) is 10.6 Å². The number of aliphatic hydroxyl groups is 1. The first kappa shape index (κ1) is 26.4. The lowest BCUT2D eigenvalue weighted by Crippen LogP contribution is -2.44. The molecule has 0 saturated carbocycles. The van der Waals surface area contributed by atoms with E-state index in [1.807, 2.05) is 0 Å². The standard InChI is InChI=1S/C27H23F3N8O3/c28-27(29,30)18-11-16(2-5-21(18)36-9-7-32-8-10-36)38-24-17(25(40)37(14-39)26(38)41)13-33-20-4-3-19(35-23(20)24)15-1-6-22(31)34-12-15/h1-6,11-13,32,39H,7-10,14H2,(H2,31,34). The predicted octanol–water partition coefficient (Wildman–Crippen LogP) is 2.12. The number of anilines is 2. The molecule has 0 radical (unpaired) electrons. The molecule has 4 aromatic heterocycles.